The standard InChI is InChI=1S/C23H29N7O2/c1-14-20(31)29-23(21(32)27-14)5-7-30(8-6-23)13-15-11-25-17-12-26-18(10-24)28-19(17)16(15)9-22(2,3)4/h11-12,14H,5-9,13H2,1-4H3,(H,27,32)(H,29,31). The van der Waals surface area contributed by atoms with E-state index in [1.54, 1.807) is 13.1 Å². The predicted octanol–water partition coefficient (Wildman–Crippen LogP) is 1.45. The Hall–Kier alpha value is -3.12. The first-order chi connectivity index (χ1) is 15.1. The Morgan fingerprint density at radius 2 is 1.94 bits per heavy atom. The molecule has 2 N–H and O–H groups in total. The maximum atomic E-state index is 12.6. The van der Waals surface area contributed by atoms with Crippen LogP contribution in [0, 0.1) is 16.7 Å². The van der Waals surface area contributed by atoms with Gasteiger partial charge < -0.3 is 10.6 Å². The average Bonchev–Trinajstić information content (AvgIpc) is 2.74. The van der Waals surface area contributed by atoms with E-state index in [0.29, 0.717) is 38.0 Å². The monoisotopic (exact) mass is 435 g/mol. The molecule has 1 unspecified atom stereocenters. The lowest BCUT2D eigenvalue weighted by Crippen LogP contribution is -2.71. The zero-order valence-corrected chi connectivity index (χ0v) is 19.0. The van der Waals surface area contributed by atoms with Crippen molar-refractivity contribution in [3.63, 3.8) is 0 Å². The number of fused-ring (bicyclic) bond motifs is 1. The number of hydrogen-bond donors (Lipinski definition) is 2. The van der Waals surface area contributed by atoms with Crippen LogP contribution in [-0.2, 0) is 22.6 Å². The number of nitriles is 1. The van der Waals surface area contributed by atoms with Crippen molar-refractivity contribution in [2.24, 2.45) is 5.41 Å². The van der Waals surface area contributed by atoms with Crippen molar-refractivity contribution in [2.75, 3.05) is 13.1 Å². The Kier molecular flexibility index (Phi) is 5.59. The molecule has 168 valence electrons. The van der Waals surface area contributed by atoms with Gasteiger partial charge in [0, 0.05) is 25.8 Å². The van der Waals surface area contributed by atoms with Crippen LogP contribution in [0.15, 0.2) is 12.4 Å². The first-order valence-electron chi connectivity index (χ1n) is 11.0. The number of likely N-dealkylation sites (tertiary alicyclic amines) is 1. The van der Waals surface area contributed by atoms with Crippen LogP contribution in [0.25, 0.3) is 11.0 Å². The molecule has 0 saturated carbocycles. The molecule has 9 heteroatoms. The largest absolute Gasteiger partial charge is 0.343 e. The molecule has 0 aromatic carbocycles. The van der Waals surface area contributed by atoms with Crippen LogP contribution >= 0.6 is 0 Å². The highest BCUT2D eigenvalue weighted by atomic mass is 16.2. The van der Waals surface area contributed by atoms with Crippen molar-refractivity contribution in [3.05, 3.63) is 29.3 Å². The van der Waals surface area contributed by atoms with E-state index in [-0.39, 0.29) is 23.1 Å². The zero-order chi connectivity index (χ0) is 23.1. The molecule has 2 aliphatic heterocycles. The van der Waals surface area contributed by atoms with Gasteiger partial charge in [0.05, 0.1) is 11.7 Å². The molecular weight excluding hydrogens is 406 g/mol. The molecule has 2 fully saturated rings. The van der Waals surface area contributed by atoms with E-state index >= 15 is 0 Å². The summed E-state index contributed by atoms with van der Waals surface area (Å²) in [6, 6.07) is 1.53. The quantitative estimate of drug-likeness (QED) is 0.748. The highest BCUT2D eigenvalue weighted by Gasteiger charge is 2.47. The van der Waals surface area contributed by atoms with Gasteiger partial charge in [0.2, 0.25) is 17.6 Å². The number of rotatable bonds is 3. The molecule has 4 heterocycles. The zero-order valence-electron chi connectivity index (χ0n) is 19.0. The number of carbonyl (C=O) groups is 2. The summed E-state index contributed by atoms with van der Waals surface area (Å²) in [6.45, 7) is 10.2. The molecule has 2 aliphatic rings. The highest BCUT2D eigenvalue weighted by molar-refractivity contribution is 5.99. The van der Waals surface area contributed by atoms with Gasteiger partial charge in [0.15, 0.2) is 0 Å². The van der Waals surface area contributed by atoms with Crippen LogP contribution in [-0.4, -0.2) is 56.3 Å². The third-order valence-electron chi connectivity index (χ3n) is 6.25. The summed E-state index contributed by atoms with van der Waals surface area (Å²) in [6.07, 6.45) is 5.39. The molecule has 9 nitrogen and oxygen atoms in total. The summed E-state index contributed by atoms with van der Waals surface area (Å²) < 4.78 is 0. The van der Waals surface area contributed by atoms with Crippen LogP contribution in [0.2, 0.25) is 0 Å². The summed E-state index contributed by atoms with van der Waals surface area (Å²) in [4.78, 5) is 40.1. The molecule has 4 rings (SSSR count). The van der Waals surface area contributed by atoms with E-state index in [1.807, 2.05) is 12.3 Å². The molecule has 2 aromatic heterocycles. The molecular formula is C23H29N7O2. The fraction of sp³-hybridized carbons (Fsp3) is 0.565. The third kappa shape index (κ3) is 4.28. The molecule has 2 aromatic rings. The summed E-state index contributed by atoms with van der Waals surface area (Å²) in [5.41, 5.74) is 2.76. The smallest absolute Gasteiger partial charge is 0.246 e. The second-order valence-corrected chi connectivity index (χ2v) is 10.1. The lowest BCUT2D eigenvalue weighted by Gasteiger charge is -2.44. The van der Waals surface area contributed by atoms with Crippen molar-refractivity contribution >= 4 is 22.8 Å². The topological polar surface area (TPSA) is 124 Å². The normalized spacial score (nSPS) is 21.3. The van der Waals surface area contributed by atoms with Crippen LogP contribution in [0.4, 0.5) is 0 Å². The van der Waals surface area contributed by atoms with E-state index in [9.17, 15) is 14.9 Å². The molecule has 0 aliphatic carbocycles. The summed E-state index contributed by atoms with van der Waals surface area (Å²) in [7, 11) is 0. The van der Waals surface area contributed by atoms with Gasteiger partial charge in [-0.15, -0.1) is 0 Å². The first kappa shape index (κ1) is 22.1. The minimum atomic E-state index is -0.815. The summed E-state index contributed by atoms with van der Waals surface area (Å²) in [5, 5.41) is 15.0. The summed E-state index contributed by atoms with van der Waals surface area (Å²) in [5.74, 6) is -0.0807. The number of piperidine rings is 1. The molecule has 2 amide bonds. The predicted molar refractivity (Wildman–Crippen MR) is 118 cm³/mol. The number of hydrogen-bond acceptors (Lipinski definition) is 7. The second-order valence-electron chi connectivity index (χ2n) is 10.1. The Labute approximate surface area is 187 Å². The van der Waals surface area contributed by atoms with Gasteiger partial charge in [-0.25, -0.2) is 9.97 Å². The number of carbonyl (C=O) groups excluding carboxylic acids is 2. The van der Waals surface area contributed by atoms with Crippen LogP contribution in [0.1, 0.15) is 57.5 Å². The van der Waals surface area contributed by atoms with Crippen LogP contribution < -0.4 is 10.6 Å². The fourth-order valence-corrected chi connectivity index (χ4v) is 4.47. The lowest BCUT2D eigenvalue weighted by atomic mass is 9.83. The lowest BCUT2D eigenvalue weighted by molar-refractivity contribution is -0.143. The maximum absolute atomic E-state index is 12.6. The van der Waals surface area contributed by atoms with Crippen molar-refractivity contribution in [2.45, 2.75) is 65.1 Å². The number of nitrogens with one attached hydrogen (secondary N) is 2. The molecule has 0 radical (unpaired) electrons. The molecule has 1 atom stereocenters. The molecule has 0 bridgehead atoms. The SMILES string of the molecule is CC1NC(=O)C2(CCN(Cc3cnc4cnc(C#N)nc4c3CC(C)(C)C)CC2)NC1=O. The van der Waals surface area contributed by atoms with Gasteiger partial charge in [-0.3, -0.25) is 19.5 Å². The van der Waals surface area contributed by atoms with Gasteiger partial charge >= 0.3 is 0 Å². The van der Waals surface area contributed by atoms with Gasteiger partial charge in [-0.2, -0.15) is 5.26 Å². The van der Waals surface area contributed by atoms with Gasteiger partial charge in [0.1, 0.15) is 23.2 Å². The number of piperazine rings is 1. The van der Waals surface area contributed by atoms with Crippen molar-refractivity contribution in [1.82, 2.24) is 30.5 Å². The van der Waals surface area contributed by atoms with E-state index in [1.165, 1.54) is 0 Å². The van der Waals surface area contributed by atoms with Crippen LogP contribution in [0.5, 0.6) is 0 Å². The Bertz CT molecular complexity index is 1110. The number of nitrogens with zero attached hydrogens (tertiary/aromatic N) is 5. The second kappa shape index (κ2) is 8.10. The Balaban J connectivity index is 1.58. The third-order valence-corrected chi connectivity index (χ3v) is 6.25. The Morgan fingerprint density at radius 3 is 2.59 bits per heavy atom. The van der Waals surface area contributed by atoms with E-state index in [4.69, 9.17) is 0 Å². The summed E-state index contributed by atoms with van der Waals surface area (Å²) >= 11 is 0. The fourth-order valence-electron chi connectivity index (χ4n) is 4.47. The van der Waals surface area contributed by atoms with Gasteiger partial charge in [-0.1, -0.05) is 20.8 Å². The minimum absolute atomic E-state index is 0.0217. The highest BCUT2D eigenvalue weighted by Crippen LogP contribution is 2.30. The van der Waals surface area contributed by atoms with Gasteiger partial charge in [0.25, 0.3) is 0 Å². The van der Waals surface area contributed by atoms with Crippen molar-refractivity contribution in [3.8, 4) is 6.07 Å². The van der Waals surface area contributed by atoms with Gasteiger partial charge in [-0.05, 0) is 42.7 Å². The minimum Gasteiger partial charge on any atom is -0.343 e. The number of aromatic nitrogens is 3. The van der Waals surface area contributed by atoms with Crippen molar-refractivity contribution < 1.29 is 9.59 Å². The van der Waals surface area contributed by atoms with Crippen molar-refractivity contribution in [1.29, 1.82) is 5.26 Å². The molecule has 2 saturated heterocycles. The van der Waals surface area contributed by atoms with E-state index in [2.05, 4.69) is 51.3 Å². The number of pyridine rings is 1. The molecule has 1 spiro atoms. The van der Waals surface area contributed by atoms with Crippen LogP contribution in [0.3, 0.4) is 0 Å². The average molecular weight is 436 g/mol. The molecule has 32 heavy (non-hydrogen) atoms. The van der Waals surface area contributed by atoms with E-state index < -0.39 is 11.6 Å². The number of amides is 2. The Morgan fingerprint density at radius 1 is 1.22 bits per heavy atom. The van der Waals surface area contributed by atoms with E-state index in [0.717, 1.165) is 23.1 Å². The maximum Gasteiger partial charge on any atom is 0.246 e. The first-order valence-corrected chi connectivity index (χ1v) is 11.0.